The van der Waals surface area contributed by atoms with Crippen molar-refractivity contribution in [2.75, 3.05) is 19.7 Å². The predicted octanol–water partition coefficient (Wildman–Crippen LogP) is 2.07. The van der Waals surface area contributed by atoms with Gasteiger partial charge in [-0.3, -0.25) is 9.89 Å². The first-order chi connectivity index (χ1) is 10.1. The number of aromatic nitrogens is 2. The maximum atomic E-state index is 13.0. The number of nitrogens with one attached hydrogen (secondary N) is 1. The van der Waals surface area contributed by atoms with Crippen LogP contribution in [0.25, 0.3) is 0 Å². The van der Waals surface area contributed by atoms with E-state index in [0.29, 0.717) is 25.4 Å². The van der Waals surface area contributed by atoms with Crippen LogP contribution >= 0.6 is 0 Å². The molecule has 0 bridgehead atoms. The van der Waals surface area contributed by atoms with Crippen molar-refractivity contribution in [2.24, 2.45) is 0 Å². The average Bonchev–Trinajstić information content (AvgIpc) is 2.94. The molecule has 1 fully saturated rings. The molecule has 1 atom stereocenters. The summed E-state index contributed by atoms with van der Waals surface area (Å²) in [5, 5.41) is 6.76. The van der Waals surface area contributed by atoms with Crippen LogP contribution in [-0.2, 0) is 4.74 Å². The van der Waals surface area contributed by atoms with Gasteiger partial charge in [0.05, 0.1) is 13.2 Å². The molecule has 0 unspecified atom stereocenters. The lowest BCUT2D eigenvalue weighted by atomic mass is 10.1. The molecule has 0 spiro atoms. The van der Waals surface area contributed by atoms with Crippen LogP contribution < -0.4 is 0 Å². The number of carbonyl (C=O) groups excluding carboxylic acids is 1. The summed E-state index contributed by atoms with van der Waals surface area (Å²) in [6.45, 7) is 3.28. The third-order valence-corrected chi connectivity index (χ3v) is 3.52. The molecular formula is C15H16FN3O2. The number of amides is 1. The molecule has 1 aliphatic heterocycles. The summed E-state index contributed by atoms with van der Waals surface area (Å²) in [6, 6.07) is 7.90. The fourth-order valence-corrected chi connectivity index (χ4v) is 2.40. The molecule has 0 aliphatic carbocycles. The molecule has 110 valence electrons. The predicted molar refractivity (Wildman–Crippen MR) is 74.3 cm³/mol. The van der Waals surface area contributed by atoms with Gasteiger partial charge in [0.2, 0.25) is 0 Å². The quantitative estimate of drug-likeness (QED) is 0.920. The van der Waals surface area contributed by atoms with Crippen LogP contribution in [0, 0.1) is 12.7 Å². The Hall–Kier alpha value is -2.21. The van der Waals surface area contributed by atoms with Crippen molar-refractivity contribution in [3.63, 3.8) is 0 Å². The lowest BCUT2D eigenvalue weighted by Crippen LogP contribution is -2.42. The summed E-state index contributed by atoms with van der Waals surface area (Å²) in [5.74, 6) is -0.399. The van der Waals surface area contributed by atoms with Crippen LogP contribution in [0.1, 0.15) is 27.8 Å². The number of morpholine rings is 1. The van der Waals surface area contributed by atoms with E-state index in [1.807, 2.05) is 6.92 Å². The number of hydrogen-bond acceptors (Lipinski definition) is 3. The van der Waals surface area contributed by atoms with E-state index in [0.717, 1.165) is 11.3 Å². The largest absolute Gasteiger partial charge is 0.370 e. The third-order valence-electron chi connectivity index (χ3n) is 3.52. The van der Waals surface area contributed by atoms with Gasteiger partial charge in [-0.15, -0.1) is 0 Å². The maximum absolute atomic E-state index is 13.0. The molecule has 2 heterocycles. The van der Waals surface area contributed by atoms with Gasteiger partial charge in [-0.05, 0) is 30.7 Å². The minimum absolute atomic E-state index is 0.116. The first-order valence-corrected chi connectivity index (χ1v) is 6.82. The number of ether oxygens (including phenoxy) is 1. The molecule has 1 saturated heterocycles. The molecule has 2 aromatic rings. The van der Waals surface area contributed by atoms with E-state index in [1.165, 1.54) is 12.1 Å². The standard InChI is InChI=1S/C15H16FN3O2/c1-10-8-13(18-17-10)15(20)19-6-7-21-14(9-19)11-2-4-12(16)5-3-11/h2-5,8,14H,6-7,9H2,1H3,(H,17,18)/t14-/m1/s1. The zero-order valence-electron chi connectivity index (χ0n) is 11.7. The fourth-order valence-electron chi connectivity index (χ4n) is 2.40. The van der Waals surface area contributed by atoms with Crippen molar-refractivity contribution in [2.45, 2.75) is 13.0 Å². The van der Waals surface area contributed by atoms with Gasteiger partial charge in [0, 0.05) is 12.2 Å². The second kappa shape index (κ2) is 5.65. The van der Waals surface area contributed by atoms with Crippen molar-refractivity contribution in [3.8, 4) is 0 Å². The van der Waals surface area contributed by atoms with E-state index in [1.54, 1.807) is 23.1 Å². The van der Waals surface area contributed by atoms with E-state index >= 15 is 0 Å². The van der Waals surface area contributed by atoms with Crippen molar-refractivity contribution in [1.82, 2.24) is 15.1 Å². The van der Waals surface area contributed by atoms with Gasteiger partial charge in [-0.1, -0.05) is 12.1 Å². The molecule has 1 aromatic heterocycles. The van der Waals surface area contributed by atoms with Gasteiger partial charge in [0.1, 0.15) is 17.6 Å². The van der Waals surface area contributed by atoms with Crippen molar-refractivity contribution in [1.29, 1.82) is 0 Å². The Morgan fingerprint density at radius 1 is 1.43 bits per heavy atom. The molecule has 1 N–H and O–H groups in total. The fraction of sp³-hybridized carbons (Fsp3) is 0.333. The number of aromatic amines is 1. The molecule has 3 rings (SSSR count). The monoisotopic (exact) mass is 289 g/mol. The molecule has 5 nitrogen and oxygen atoms in total. The van der Waals surface area contributed by atoms with Crippen molar-refractivity contribution in [3.05, 3.63) is 53.1 Å². The summed E-state index contributed by atoms with van der Waals surface area (Å²) in [7, 11) is 0. The highest BCUT2D eigenvalue weighted by Gasteiger charge is 2.27. The second-order valence-electron chi connectivity index (χ2n) is 5.10. The summed E-state index contributed by atoms with van der Waals surface area (Å²) in [6.07, 6.45) is -0.233. The number of aryl methyl sites for hydroxylation is 1. The number of halogens is 1. The first kappa shape index (κ1) is 13.8. The Balaban J connectivity index is 1.73. The summed E-state index contributed by atoms with van der Waals surface area (Å²) in [4.78, 5) is 14.1. The molecule has 6 heteroatoms. The molecule has 0 saturated carbocycles. The summed E-state index contributed by atoms with van der Waals surface area (Å²) in [5.41, 5.74) is 2.13. The lowest BCUT2D eigenvalue weighted by molar-refractivity contribution is -0.0230. The molecule has 21 heavy (non-hydrogen) atoms. The first-order valence-electron chi connectivity index (χ1n) is 6.82. The smallest absolute Gasteiger partial charge is 0.274 e. The van der Waals surface area contributed by atoms with Gasteiger partial charge in [-0.25, -0.2) is 4.39 Å². The highest BCUT2D eigenvalue weighted by Crippen LogP contribution is 2.23. The number of benzene rings is 1. The van der Waals surface area contributed by atoms with Gasteiger partial charge in [0.15, 0.2) is 0 Å². The lowest BCUT2D eigenvalue weighted by Gasteiger charge is -2.32. The maximum Gasteiger partial charge on any atom is 0.274 e. The minimum Gasteiger partial charge on any atom is -0.370 e. The Morgan fingerprint density at radius 2 is 2.19 bits per heavy atom. The van der Waals surface area contributed by atoms with E-state index < -0.39 is 0 Å². The Morgan fingerprint density at radius 3 is 2.86 bits per heavy atom. The molecule has 1 aromatic carbocycles. The van der Waals surface area contributed by atoms with Crippen LogP contribution in [0.2, 0.25) is 0 Å². The van der Waals surface area contributed by atoms with Crippen LogP contribution in [0.5, 0.6) is 0 Å². The number of nitrogens with zero attached hydrogens (tertiary/aromatic N) is 2. The van der Waals surface area contributed by atoms with Crippen LogP contribution in [0.3, 0.4) is 0 Å². The Kier molecular flexibility index (Phi) is 3.70. The van der Waals surface area contributed by atoms with Crippen molar-refractivity contribution < 1.29 is 13.9 Å². The summed E-state index contributed by atoms with van der Waals surface area (Å²) < 4.78 is 18.6. The summed E-state index contributed by atoms with van der Waals surface area (Å²) >= 11 is 0. The zero-order chi connectivity index (χ0) is 14.8. The molecule has 1 amide bonds. The molecular weight excluding hydrogens is 273 g/mol. The van der Waals surface area contributed by atoms with Gasteiger partial charge < -0.3 is 9.64 Å². The Bertz CT molecular complexity index is 639. The van der Waals surface area contributed by atoms with Crippen LogP contribution in [0.15, 0.2) is 30.3 Å². The molecule has 0 radical (unpaired) electrons. The Labute approximate surface area is 121 Å². The van der Waals surface area contributed by atoms with Gasteiger partial charge >= 0.3 is 0 Å². The number of rotatable bonds is 2. The van der Waals surface area contributed by atoms with E-state index in [2.05, 4.69) is 10.2 Å². The van der Waals surface area contributed by atoms with E-state index in [9.17, 15) is 9.18 Å². The van der Waals surface area contributed by atoms with E-state index in [-0.39, 0.29) is 17.8 Å². The molecule has 1 aliphatic rings. The number of hydrogen-bond donors (Lipinski definition) is 1. The van der Waals surface area contributed by atoms with Gasteiger partial charge in [-0.2, -0.15) is 5.10 Å². The van der Waals surface area contributed by atoms with Crippen molar-refractivity contribution >= 4 is 5.91 Å². The van der Waals surface area contributed by atoms with Crippen LogP contribution in [-0.4, -0.2) is 40.7 Å². The van der Waals surface area contributed by atoms with E-state index in [4.69, 9.17) is 4.74 Å². The second-order valence-corrected chi connectivity index (χ2v) is 5.10. The topological polar surface area (TPSA) is 58.2 Å². The highest BCUT2D eigenvalue weighted by molar-refractivity contribution is 5.92. The normalized spacial score (nSPS) is 18.8. The van der Waals surface area contributed by atoms with Gasteiger partial charge in [0.25, 0.3) is 5.91 Å². The third kappa shape index (κ3) is 2.95. The SMILES string of the molecule is Cc1cc(C(=O)N2CCO[C@@H](c3ccc(F)cc3)C2)n[nH]1. The number of H-pyrrole nitrogens is 1. The number of carbonyl (C=O) groups is 1. The highest BCUT2D eigenvalue weighted by atomic mass is 19.1. The van der Waals surface area contributed by atoms with Crippen LogP contribution in [0.4, 0.5) is 4.39 Å². The average molecular weight is 289 g/mol. The zero-order valence-corrected chi connectivity index (χ0v) is 11.7. The minimum atomic E-state index is -0.283.